The van der Waals surface area contributed by atoms with Crippen molar-refractivity contribution in [3.05, 3.63) is 36.3 Å². The Kier molecular flexibility index (Phi) is 2.76. The van der Waals surface area contributed by atoms with E-state index < -0.39 is 0 Å². The van der Waals surface area contributed by atoms with Crippen molar-refractivity contribution in [3.8, 4) is 0 Å². The van der Waals surface area contributed by atoms with Crippen LogP contribution in [0.4, 0.5) is 4.39 Å². The second-order valence-electron chi connectivity index (χ2n) is 4.39. The van der Waals surface area contributed by atoms with Gasteiger partial charge in [-0.1, -0.05) is 13.8 Å². The summed E-state index contributed by atoms with van der Waals surface area (Å²) in [4.78, 5) is 0. The molecule has 2 rings (SSSR count). The molecule has 0 N–H and O–H groups in total. The summed E-state index contributed by atoms with van der Waals surface area (Å²) in [5.41, 5.74) is 0.996. The fourth-order valence-electron chi connectivity index (χ4n) is 1.75. The van der Waals surface area contributed by atoms with Gasteiger partial charge in [-0.15, -0.1) is 0 Å². The largest absolute Gasteiger partial charge is 0.347 e. The van der Waals surface area contributed by atoms with Crippen LogP contribution >= 0.6 is 0 Å². The number of rotatable bonds is 3. The maximum Gasteiger partial charge on any atom is 0.125 e. The van der Waals surface area contributed by atoms with E-state index >= 15 is 0 Å². The Morgan fingerprint density at radius 1 is 1.27 bits per heavy atom. The van der Waals surface area contributed by atoms with E-state index in [4.69, 9.17) is 0 Å². The van der Waals surface area contributed by atoms with Crippen LogP contribution in [0.5, 0.6) is 0 Å². The average Bonchev–Trinajstić information content (AvgIpc) is 2.57. The van der Waals surface area contributed by atoms with E-state index in [1.807, 2.05) is 18.3 Å². The predicted molar refractivity (Wildman–Crippen MR) is 61.4 cm³/mol. The third kappa shape index (κ3) is 2.20. The molecule has 0 bridgehead atoms. The summed E-state index contributed by atoms with van der Waals surface area (Å²) in [6.45, 7) is 5.36. The minimum absolute atomic E-state index is 0.160. The van der Waals surface area contributed by atoms with E-state index in [9.17, 15) is 4.39 Å². The fraction of sp³-hybridized carbons (Fsp3) is 0.385. The van der Waals surface area contributed by atoms with Crippen LogP contribution in [0.1, 0.15) is 20.3 Å². The number of nitrogens with zero attached hydrogens (tertiary/aromatic N) is 1. The van der Waals surface area contributed by atoms with Gasteiger partial charge in [0.2, 0.25) is 0 Å². The monoisotopic (exact) mass is 205 g/mol. The van der Waals surface area contributed by atoms with Crippen LogP contribution in [0.2, 0.25) is 0 Å². The van der Waals surface area contributed by atoms with Gasteiger partial charge in [-0.2, -0.15) is 0 Å². The summed E-state index contributed by atoms with van der Waals surface area (Å²) in [6, 6.07) is 6.98. The lowest BCUT2D eigenvalue weighted by atomic mass is 10.1. The van der Waals surface area contributed by atoms with E-state index in [2.05, 4.69) is 18.4 Å². The SMILES string of the molecule is CC(C)CCn1ccc2ccc(F)cc21. The van der Waals surface area contributed by atoms with Crippen molar-refractivity contribution in [2.75, 3.05) is 0 Å². The van der Waals surface area contributed by atoms with Crippen molar-refractivity contribution in [1.29, 1.82) is 0 Å². The molecule has 1 aromatic heterocycles. The maximum atomic E-state index is 13.1. The molecule has 0 aliphatic carbocycles. The molecule has 80 valence electrons. The van der Waals surface area contributed by atoms with Gasteiger partial charge in [-0.25, -0.2) is 4.39 Å². The van der Waals surface area contributed by atoms with Gasteiger partial charge < -0.3 is 4.57 Å². The van der Waals surface area contributed by atoms with E-state index in [-0.39, 0.29) is 5.82 Å². The number of fused-ring (bicyclic) bond motifs is 1. The number of aromatic nitrogens is 1. The molecule has 0 atom stereocenters. The topological polar surface area (TPSA) is 4.93 Å². The van der Waals surface area contributed by atoms with Gasteiger partial charge in [0, 0.05) is 12.7 Å². The maximum absolute atomic E-state index is 13.1. The summed E-state index contributed by atoms with van der Waals surface area (Å²) >= 11 is 0. The summed E-state index contributed by atoms with van der Waals surface area (Å²) in [7, 11) is 0. The zero-order valence-electron chi connectivity index (χ0n) is 9.20. The van der Waals surface area contributed by atoms with E-state index in [1.54, 1.807) is 6.07 Å². The Labute approximate surface area is 89.5 Å². The number of halogens is 1. The third-order valence-corrected chi connectivity index (χ3v) is 2.68. The average molecular weight is 205 g/mol. The summed E-state index contributed by atoms with van der Waals surface area (Å²) in [5.74, 6) is 0.517. The van der Waals surface area contributed by atoms with Crippen LogP contribution in [0.3, 0.4) is 0 Å². The van der Waals surface area contributed by atoms with Crippen molar-refractivity contribution in [2.45, 2.75) is 26.8 Å². The Morgan fingerprint density at radius 3 is 2.80 bits per heavy atom. The number of hydrogen-bond acceptors (Lipinski definition) is 0. The summed E-state index contributed by atoms with van der Waals surface area (Å²) in [5, 5.41) is 1.11. The zero-order valence-corrected chi connectivity index (χ0v) is 9.20. The Balaban J connectivity index is 2.31. The molecule has 0 aliphatic heterocycles. The first-order valence-corrected chi connectivity index (χ1v) is 5.41. The smallest absolute Gasteiger partial charge is 0.125 e. The summed E-state index contributed by atoms with van der Waals surface area (Å²) in [6.07, 6.45) is 3.16. The minimum atomic E-state index is -0.160. The third-order valence-electron chi connectivity index (χ3n) is 2.68. The highest BCUT2D eigenvalue weighted by Crippen LogP contribution is 2.18. The molecule has 0 radical (unpaired) electrons. The first-order chi connectivity index (χ1) is 7.16. The normalized spacial score (nSPS) is 11.5. The molecule has 0 spiro atoms. The molecule has 0 amide bonds. The first-order valence-electron chi connectivity index (χ1n) is 5.41. The van der Waals surface area contributed by atoms with Crippen molar-refractivity contribution in [1.82, 2.24) is 4.57 Å². The molecule has 0 saturated heterocycles. The number of benzene rings is 1. The molecule has 1 aromatic carbocycles. The lowest BCUT2D eigenvalue weighted by Gasteiger charge is -2.07. The standard InChI is InChI=1S/C13H16FN/c1-10(2)5-7-15-8-6-11-3-4-12(14)9-13(11)15/h3-4,6,8-10H,5,7H2,1-2H3. The van der Waals surface area contributed by atoms with Gasteiger partial charge in [0.25, 0.3) is 0 Å². The number of hydrogen-bond donors (Lipinski definition) is 0. The molecule has 2 aromatic rings. The first kappa shape index (κ1) is 10.2. The van der Waals surface area contributed by atoms with Crippen molar-refractivity contribution in [2.24, 2.45) is 5.92 Å². The Morgan fingerprint density at radius 2 is 2.07 bits per heavy atom. The number of aryl methyl sites for hydroxylation is 1. The van der Waals surface area contributed by atoms with Gasteiger partial charge in [-0.05, 0) is 42.0 Å². The molecule has 1 nitrogen and oxygen atoms in total. The van der Waals surface area contributed by atoms with E-state index in [0.29, 0.717) is 5.92 Å². The highest BCUT2D eigenvalue weighted by molar-refractivity contribution is 5.80. The van der Waals surface area contributed by atoms with Gasteiger partial charge in [0.05, 0.1) is 5.52 Å². The minimum Gasteiger partial charge on any atom is -0.347 e. The second kappa shape index (κ2) is 4.05. The molecule has 1 heterocycles. The molecule has 0 unspecified atom stereocenters. The van der Waals surface area contributed by atoms with Gasteiger partial charge >= 0.3 is 0 Å². The van der Waals surface area contributed by atoms with Crippen LogP contribution in [0.25, 0.3) is 10.9 Å². The molecular weight excluding hydrogens is 189 g/mol. The highest BCUT2D eigenvalue weighted by atomic mass is 19.1. The lowest BCUT2D eigenvalue weighted by Crippen LogP contribution is -1.99. The van der Waals surface area contributed by atoms with Crippen LogP contribution in [0.15, 0.2) is 30.5 Å². The zero-order chi connectivity index (χ0) is 10.8. The fourth-order valence-corrected chi connectivity index (χ4v) is 1.75. The van der Waals surface area contributed by atoms with Crippen molar-refractivity contribution >= 4 is 10.9 Å². The van der Waals surface area contributed by atoms with Crippen LogP contribution in [-0.4, -0.2) is 4.57 Å². The van der Waals surface area contributed by atoms with E-state index in [0.717, 1.165) is 23.9 Å². The van der Waals surface area contributed by atoms with Gasteiger partial charge in [0.1, 0.15) is 5.82 Å². The quantitative estimate of drug-likeness (QED) is 0.717. The van der Waals surface area contributed by atoms with E-state index in [1.165, 1.54) is 6.07 Å². The summed E-state index contributed by atoms with van der Waals surface area (Å²) < 4.78 is 15.2. The molecular formula is C13H16FN. The second-order valence-corrected chi connectivity index (χ2v) is 4.39. The molecule has 0 aliphatic rings. The molecule has 15 heavy (non-hydrogen) atoms. The van der Waals surface area contributed by atoms with Crippen molar-refractivity contribution in [3.63, 3.8) is 0 Å². The predicted octanol–water partition coefficient (Wildman–Crippen LogP) is 3.83. The van der Waals surface area contributed by atoms with Crippen LogP contribution in [-0.2, 0) is 6.54 Å². The van der Waals surface area contributed by atoms with Crippen LogP contribution in [0, 0.1) is 11.7 Å². The molecule has 0 saturated carbocycles. The molecule has 0 fully saturated rings. The molecule has 2 heteroatoms. The highest BCUT2D eigenvalue weighted by Gasteiger charge is 2.02. The Hall–Kier alpha value is -1.31. The van der Waals surface area contributed by atoms with Crippen molar-refractivity contribution < 1.29 is 4.39 Å². The van der Waals surface area contributed by atoms with Gasteiger partial charge in [-0.3, -0.25) is 0 Å². The lowest BCUT2D eigenvalue weighted by molar-refractivity contribution is 0.524. The van der Waals surface area contributed by atoms with Gasteiger partial charge in [0.15, 0.2) is 0 Å². The van der Waals surface area contributed by atoms with Crippen LogP contribution < -0.4 is 0 Å². The Bertz CT molecular complexity index is 457.